The molecule has 3 aromatic rings. The highest BCUT2D eigenvalue weighted by Crippen LogP contribution is 2.37. The van der Waals surface area contributed by atoms with E-state index < -0.39 is 7.12 Å². The molecule has 1 aromatic heterocycles. The Bertz CT molecular complexity index is 940. The molecule has 0 bridgehead atoms. The molecule has 0 N–H and O–H groups in total. The number of rotatable bonds is 4. The van der Waals surface area contributed by atoms with Crippen LogP contribution in [0.1, 0.15) is 33.3 Å². The third-order valence-corrected chi connectivity index (χ3v) is 5.51. The van der Waals surface area contributed by atoms with Gasteiger partial charge in [0.05, 0.1) is 11.2 Å². The number of aromatic nitrogens is 1. The van der Waals surface area contributed by atoms with E-state index in [1.54, 1.807) is 6.20 Å². The summed E-state index contributed by atoms with van der Waals surface area (Å²) in [5, 5.41) is 0.988. The highest BCUT2D eigenvalue weighted by molar-refractivity contribution is 6.65. The minimum absolute atomic E-state index is 0.380. The molecule has 4 nitrogen and oxygen atoms in total. The zero-order chi connectivity index (χ0) is 19.1. The first-order chi connectivity index (χ1) is 12.9. The highest BCUT2D eigenvalue weighted by Gasteiger charge is 2.52. The molecular formula is C22H24BNO3. The van der Waals surface area contributed by atoms with Crippen LogP contribution in [0.25, 0.3) is 10.9 Å². The van der Waals surface area contributed by atoms with E-state index in [-0.39, 0.29) is 11.2 Å². The summed E-state index contributed by atoms with van der Waals surface area (Å²) in [6.45, 7) is 8.74. The molecule has 5 heteroatoms. The molecule has 0 spiro atoms. The fourth-order valence-electron chi connectivity index (χ4n) is 3.20. The van der Waals surface area contributed by atoms with Gasteiger partial charge >= 0.3 is 7.12 Å². The van der Waals surface area contributed by atoms with Crippen LogP contribution >= 0.6 is 0 Å². The van der Waals surface area contributed by atoms with Crippen molar-refractivity contribution in [2.24, 2.45) is 0 Å². The van der Waals surface area contributed by atoms with Crippen LogP contribution in [0.3, 0.4) is 0 Å². The lowest BCUT2D eigenvalue weighted by atomic mass is 9.76. The lowest BCUT2D eigenvalue weighted by Crippen LogP contribution is -2.41. The van der Waals surface area contributed by atoms with Crippen molar-refractivity contribution in [3.63, 3.8) is 0 Å². The maximum atomic E-state index is 6.24. The molecule has 0 unspecified atom stereocenters. The Morgan fingerprint density at radius 2 is 1.59 bits per heavy atom. The van der Waals surface area contributed by atoms with Gasteiger partial charge in [-0.1, -0.05) is 42.5 Å². The van der Waals surface area contributed by atoms with Crippen molar-refractivity contribution in [1.82, 2.24) is 4.98 Å². The van der Waals surface area contributed by atoms with Crippen molar-refractivity contribution in [3.8, 4) is 5.75 Å². The van der Waals surface area contributed by atoms with E-state index in [9.17, 15) is 0 Å². The molecule has 0 radical (unpaired) electrons. The smallest absolute Gasteiger partial charge is 0.487 e. The summed E-state index contributed by atoms with van der Waals surface area (Å²) in [6.07, 6.45) is 1.78. The Morgan fingerprint density at radius 1 is 0.889 bits per heavy atom. The van der Waals surface area contributed by atoms with Gasteiger partial charge in [-0.2, -0.15) is 0 Å². The summed E-state index contributed by atoms with van der Waals surface area (Å²) in [5.41, 5.74) is 2.16. The molecule has 0 saturated carbocycles. The largest absolute Gasteiger partial charge is 0.495 e. The Balaban J connectivity index is 1.67. The average molecular weight is 361 g/mol. The van der Waals surface area contributed by atoms with Gasteiger partial charge in [-0.05, 0) is 50.9 Å². The van der Waals surface area contributed by atoms with Crippen molar-refractivity contribution in [1.29, 1.82) is 0 Å². The monoisotopic (exact) mass is 361 g/mol. The van der Waals surface area contributed by atoms with Crippen LogP contribution in [0.15, 0.2) is 60.8 Å². The summed E-state index contributed by atoms with van der Waals surface area (Å²) in [6, 6.07) is 18.1. The van der Waals surface area contributed by atoms with Crippen LogP contribution in [-0.2, 0) is 15.9 Å². The first-order valence-electron chi connectivity index (χ1n) is 9.27. The van der Waals surface area contributed by atoms with Crippen molar-refractivity contribution < 1.29 is 14.0 Å². The standard InChI is InChI=1S/C22H24BNO3/c1-21(2)22(3,4)27-23(26-21)18-12-13-19(20-17(18)11-8-14-24-20)25-15-16-9-6-5-7-10-16/h5-14H,15H2,1-4H3. The second-order valence-electron chi connectivity index (χ2n) is 7.92. The molecule has 1 aliphatic heterocycles. The average Bonchev–Trinajstić information content (AvgIpc) is 2.87. The van der Waals surface area contributed by atoms with Crippen LogP contribution < -0.4 is 10.2 Å². The summed E-state index contributed by atoms with van der Waals surface area (Å²) in [7, 11) is -0.426. The summed E-state index contributed by atoms with van der Waals surface area (Å²) >= 11 is 0. The van der Waals surface area contributed by atoms with Crippen molar-refractivity contribution >= 4 is 23.5 Å². The van der Waals surface area contributed by atoms with Gasteiger partial charge in [0.1, 0.15) is 17.9 Å². The van der Waals surface area contributed by atoms with Gasteiger partial charge in [-0.15, -0.1) is 0 Å². The first kappa shape index (κ1) is 18.0. The van der Waals surface area contributed by atoms with Crippen molar-refractivity contribution in [3.05, 3.63) is 66.4 Å². The molecular weight excluding hydrogens is 337 g/mol. The molecule has 0 atom stereocenters. The third kappa shape index (κ3) is 3.33. The number of hydrogen-bond acceptors (Lipinski definition) is 4. The summed E-state index contributed by atoms with van der Waals surface area (Å²) in [5.74, 6) is 0.759. The van der Waals surface area contributed by atoms with Crippen LogP contribution in [0.4, 0.5) is 0 Å². The predicted octanol–water partition coefficient (Wildman–Crippen LogP) is 4.11. The molecule has 0 amide bonds. The first-order valence-corrected chi connectivity index (χ1v) is 9.27. The Kier molecular flexibility index (Phi) is 4.45. The zero-order valence-electron chi connectivity index (χ0n) is 16.2. The molecule has 0 aliphatic carbocycles. The fraction of sp³-hybridized carbons (Fsp3) is 0.318. The predicted molar refractivity (Wildman–Crippen MR) is 108 cm³/mol. The normalized spacial score (nSPS) is 18.0. The lowest BCUT2D eigenvalue weighted by Gasteiger charge is -2.32. The molecule has 2 aromatic carbocycles. The third-order valence-electron chi connectivity index (χ3n) is 5.51. The molecule has 1 fully saturated rings. The van der Waals surface area contributed by atoms with Gasteiger partial charge in [-0.3, -0.25) is 4.98 Å². The van der Waals surface area contributed by atoms with Crippen LogP contribution in [0, 0.1) is 0 Å². The SMILES string of the molecule is CC1(C)OB(c2ccc(OCc3ccccc3)c3ncccc23)OC1(C)C. The van der Waals surface area contributed by atoms with Gasteiger partial charge in [0, 0.05) is 11.6 Å². The second kappa shape index (κ2) is 6.66. The van der Waals surface area contributed by atoms with Gasteiger partial charge < -0.3 is 14.0 Å². The van der Waals surface area contributed by atoms with Crippen LogP contribution in [-0.4, -0.2) is 23.3 Å². The van der Waals surface area contributed by atoms with E-state index in [2.05, 4.69) is 32.7 Å². The van der Waals surface area contributed by atoms with E-state index in [4.69, 9.17) is 14.0 Å². The van der Waals surface area contributed by atoms with Gasteiger partial charge in [0.25, 0.3) is 0 Å². The van der Waals surface area contributed by atoms with Crippen LogP contribution in [0.5, 0.6) is 5.75 Å². The van der Waals surface area contributed by atoms with E-state index in [1.807, 2.05) is 54.6 Å². The Morgan fingerprint density at radius 3 is 2.30 bits per heavy atom. The van der Waals surface area contributed by atoms with Crippen LogP contribution in [0.2, 0.25) is 0 Å². The van der Waals surface area contributed by atoms with Gasteiger partial charge in [0.15, 0.2) is 0 Å². The van der Waals surface area contributed by atoms with E-state index in [0.29, 0.717) is 6.61 Å². The molecule has 138 valence electrons. The molecule has 1 aliphatic rings. The van der Waals surface area contributed by atoms with Crippen molar-refractivity contribution in [2.75, 3.05) is 0 Å². The summed E-state index contributed by atoms with van der Waals surface area (Å²) < 4.78 is 18.5. The number of ether oxygens (including phenoxy) is 1. The quantitative estimate of drug-likeness (QED) is 0.656. The fourth-order valence-corrected chi connectivity index (χ4v) is 3.20. The highest BCUT2D eigenvalue weighted by atomic mass is 16.7. The number of hydrogen-bond donors (Lipinski definition) is 0. The molecule has 2 heterocycles. The molecule has 27 heavy (non-hydrogen) atoms. The number of fused-ring (bicyclic) bond motifs is 1. The van der Waals surface area contributed by atoms with E-state index in [1.165, 1.54) is 0 Å². The van der Waals surface area contributed by atoms with Gasteiger partial charge in [-0.25, -0.2) is 0 Å². The van der Waals surface area contributed by atoms with E-state index >= 15 is 0 Å². The maximum Gasteiger partial charge on any atom is 0.495 e. The Hall–Kier alpha value is -2.37. The Labute approximate surface area is 160 Å². The number of pyridine rings is 1. The second-order valence-corrected chi connectivity index (χ2v) is 7.92. The lowest BCUT2D eigenvalue weighted by molar-refractivity contribution is 0.00578. The number of nitrogens with zero attached hydrogens (tertiary/aromatic N) is 1. The maximum absolute atomic E-state index is 6.24. The minimum Gasteiger partial charge on any atom is -0.487 e. The number of benzene rings is 2. The minimum atomic E-state index is -0.426. The van der Waals surface area contributed by atoms with Gasteiger partial charge in [0.2, 0.25) is 0 Å². The molecule has 4 rings (SSSR count). The van der Waals surface area contributed by atoms with Crippen molar-refractivity contribution in [2.45, 2.75) is 45.5 Å². The summed E-state index contributed by atoms with van der Waals surface area (Å²) in [4.78, 5) is 4.56. The zero-order valence-corrected chi connectivity index (χ0v) is 16.2. The van der Waals surface area contributed by atoms with E-state index in [0.717, 1.165) is 27.7 Å². The topological polar surface area (TPSA) is 40.6 Å². The molecule has 1 saturated heterocycles.